The molecule has 3 aromatic rings. The van der Waals surface area contributed by atoms with Crippen LogP contribution in [0.4, 0.5) is 18.9 Å². The average Bonchev–Trinajstić information content (AvgIpc) is 2.85. The molecule has 2 amide bonds. The van der Waals surface area contributed by atoms with Gasteiger partial charge in [-0.2, -0.15) is 13.2 Å². The lowest BCUT2D eigenvalue weighted by molar-refractivity contribution is -0.137. The van der Waals surface area contributed by atoms with E-state index in [1.165, 1.54) is 44.6 Å². The second-order valence-corrected chi connectivity index (χ2v) is 7.24. The Morgan fingerprint density at radius 3 is 2.18 bits per heavy atom. The van der Waals surface area contributed by atoms with Gasteiger partial charge in [0.1, 0.15) is 6.54 Å². The summed E-state index contributed by atoms with van der Waals surface area (Å²) in [7, 11) is 2.79. The molecule has 0 bridgehead atoms. The van der Waals surface area contributed by atoms with Gasteiger partial charge in [-0.25, -0.2) is 0 Å². The van der Waals surface area contributed by atoms with E-state index in [1.807, 2.05) is 6.07 Å². The number of ether oxygens (including phenoxy) is 2. The molecule has 178 valence electrons. The highest BCUT2D eigenvalue weighted by atomic mass is 19.4. The summed E-state index contributed by atoms with van der Waals surface area (Å²) in [6.07, 6.45) is -4.73. The largest absolute Gasteiger partial charge is 0.493 e. The number of nitrogens with one attached hydrogen (secondary N) is 1. The van der Waals surface area contributed by atoms with Crippen molar-refractivity contribution in [3.05, 3.63) is 89.5 Å². The number of para-hydroxylation sites is 1. The molecule has 0 aliphatic carbocycles. The summed E-state index contributed by atoms with van der Waals surface area (Å²) in [5.74, 6) is -0.838. The van der Waals surface area contributed by atoms with Gasteiger partial charge < -0.3 is 14.8 Å². The number of nitrogens with zero attached hydrogens (tertiary/aromatic N) is 1. The maximum Gasteiger partial charge on any atom is 0.418 e. The zero-order chi connectivity index (χ0) is 24.7. The van der Waals surface area contributed by atoms with E-state index in [-0.39, 0.29) is 17.9 Å². The van der Waals surface area contributed by atoms with E-state index in [1.54, 1.807) is 24.3 Å². The van der Waals surface area contributed by atoms with Gasteiger partial charge in [-0.3, -0.25) is 14.5 Å². The van der Waals surface area contributed by atoms with Gasteiger partial charge in [0.25, 0.3) is 5.91 Å². The van der Waals surface area contributed by atoms with Gasteiger partial charge in [0.05, 0.1) is 25.5 Å². The van der Waals surface area contributed by atoms with Crippen LogP contribution in [0.5, 0.6) is 11.5 Å². The minimum absolute atomic E-state index is 0.0329. The number of carbonyl (C=O) groups excluding carboxylic acids is 2. The van der Waals surface area contributed by atoms with Crippen LogP contribution in [0.2, 0.25) is 0 Å². The molecule has 0 unspecified atom stereocenters. The number of anilines is 1. The van der Waals surface area contributed by atoms with Crippen molar-refractivity contribution in [2.75, 3.05) is 25.7 Å². The number of amides is 2. The number of benzene rings is 3. The molecule has 9 heteroatoms. The first-order chi connectivity index (χ1) is 16.2. The van der Waals surface area contributed by atoms with Crippen LogP contribution in [0.15, 0.2) is 72.8 Å². The average molecular weight is 472 g/mol. The van der Waals surface area contributed by atoms with Crippen molar-refractivity contribution in [1.82, 2.24) is 5.32 Å². The molecule has 0 aromatic heterocycles. The van der Waals surface area contributed by atoms with Crippen molar-refractivity contribution in [2.45, 2.75) is 12.7 Å². The molecule has 6 nitrogen and oxygen atoms in total. The highest BCUT2D eigenvalue weighted by molar-refractivity contribution is 6.09. The number of rotatable bonds is 8. The lowest BCUT2D eigenvalue weighted by Crippen LogP contribution is -2.41. The summed E-state index contributed by atoms with van der Waals surface area (Å²) in [5, 5.41) is 2.65. The lowest BCUT2D eigenvalue weighted by atomic mass is 10.1. The number of carbonyl (C=O) groups is 2. The van der Waals surface area contributed by atoms with Crippen molar-refractivity contribution in [1.29, 1.82) is 0 Å². The van der Waals surface area contributed by atoms with Gasteiger partial charge in [0.2, 0.25) is 5.91 Å². The van der Waals surface area contributed by atoms with Gasteiger partial charge in [0.15, 0.2) is 11.5 Å². The van der Waals surface area contributed by atoms with Crippen LogP contribution in [0.1, 0.15) is 21.5 Å². The Morgan fingerprint density at radius 1 is 0.882 bits per heavy atom. The first-order valence-electron chi connectivity index (χ1n) is 10.3. The van der Waals surface area contributed by atoms with Gasteiger partial charge in [0, 0.05) is 12.1 Å². The fourth-order valence-corrected chi connectivity index (χ4v) is 3.34. The van der Waals surface area contributed by atoms with Crippen LogP contribution in [-0.2, 0) is 17.5 Å². The molecule has 0 radical (unpaired) electrons. The van der Waals surface area contributed by atoms with Crippen molar-refractivity contribution in [3.63, 3.8) is 0 Å². The zero-order valence-electron chi connectivity index (χ0n) is 18.6. The Hall–Kier alpha value is -4.01. The molecule has 3 rings (SSSR count). The summed E-state index contributed by atoms with van der Waals surface area (Å²) >= 11 is 0. The molecular weight excluding hydrogens is 449 g/mol. The van der Waals surface area contributed by atoms with Crippen LogP contribution in [0.25, 0.3) is 0 Å². The molecule has 34 heavy (non-hydrogen) atoms. The zero-order valence-corrected chi connectivity index (χ0v) is 18.6. The Bertz CT molecular complexity index is 1150. The molecule has 0 saturated heterocycles. The van der Waals surface area contributed by atoms with Crippen molar-refractivity contribution >= 4 is 17.5 Å². The number of methoxy groups -OCH3 is 2. The maximum absolute atomic E-state index is 13.7. The molecule has 0 aliphatic heterocycles. The van der Waals surface area contributed by atoms with Crippen LogP contribution in [0.3, 0.4) is 0 Å². The number of halogens is 3. The smallest absolute Gasteiger partial charge is 0.418 e. The topological polar surface area (TPSA) is 67.9 Å². The van der Waals surface area contributed by atoms with Gasteiger partial charge >= 0.3 is 6.18 Å². The molecule has 0 atom stereocenters. The first-order valence-corrected chi connectivity index (χ1v) is 10.3. The van der Waals surface area contributed by atoms with Crippen LogP contribution in [-0.4, -0.2) is 32.6 Å². The van der Waals surface area contributed by atoms with Crippen LogP contribution in [0, 0.1) is 0 Å². The van der Waals surface area contributed by atoms with Crippen LogP contribution >= 0.6 is 0 Å². The molecule has 3 aromatic carbocycles. The Kier molecular flexibility index (Phi) is 7.78. The molecule has 0 saturated carbocycles. The standard InChI is InChI=1S/C25H23F3N2O4/c1-33-21-13-12-18(14-22(21)34-2)24(32)30(20-11-7-6-10-19(20)25(26,27)28)16-23(31)29-15-17-8-4-3-5-9-17/h3-14H,15-16H2,1-2H3,(H,29,31). The van der Waals surface area contributed by atoms with Crippen LogP contribution < -0.4 is 19.7 Å². The van der Waals surface area contributed by atoms with Gasteiger partial charge in [-0.1, -0.05) is 42.5 Å². The minimum atomic E-state index is -4.73. The highest BCUT2D eigenvalue weighted by Crippen LogP contribution is 2.37. The predicted molar refractivity (Wildman–Crippen MR) is 121 cm³/mol. The maximum atomic E-state index is 13.7. The van der Waals surface area contributed by atoms with E-state index in [2.05, 4.69) is 5.32 Å². The highest BCUT2D eigenvalue weighted by Gasteiger charge is 2.36. The molecule has 1 N–H and O–H groups in total. The van der Waals surface area contributed by atoms with Crippen molar-refractivity contribution in [2.24, 2.45) is 0 Å². The quantitative estimate of drug-likeness (QED) is 0.517. The third kappa shape index (κ3) is 5.86. The number of hydrogen-bond acceptors (Lipinski definition) is 4. The second-order valence-electron chi connectivity index (χ2n) is 7.24. The monoisotopic (exact) mass is 472 g/mol. The first kappa shape index (κ1) is 24.6. The van der Waals surface area contributed by atoms with Crippen molar-refractivity contribution < 1.29 is 32.2 Å². The molecule has 0 fully saturated rings. The second kappa shape index (κ2) is 10.7. The molecular formula is C25H23F3N2O4. The van der Waals surface area contributed by atoms with E-state index in [4.69, 9.17) is 9.47 Å². The lowest BCUT2D eigenvalue weighted by Gasteiger charge is -2.26. The Morgan fingerprint density at radius 2 is 1.53 bits per heavy atom. The molecule has 0 aliphatic rings. The normalized spacial score (nSPS) is 11.0. The SMILES string of the molecule is COc1ccc(C(=O)N(CC(=O)NCc2ccccc2)c2ccccc2C(F)(F)F)cc1OC. The summed E-state index contributed by atoms with van der Waals surface area (Å²) in [6.45, 7) is -0.452. The fourth-order valence-electron chi connectivity index (χ4n) is 3.34. The third-order valence-electron chi connectivity index (χ3n) is 5.01. The predicted octanol–water partition coefficient (Wildman–Crippen LogP) is 4.69. The van der Waals surface area contributed by atoms with E-state index < -0.39 is 35.8 Å². The number of hydrogen-bond donors (Lipinski definition) is 1. The van der Waals surface area contributed by atoms with E-state index >= 15 is 0 Å². The summed E-state index contributed by atoms with van der Waals surface area (Å²) in [4.78, 5) is 26.9. The Labute approximate surface area is 194 Å². The summed E-state index contributed by atoms with van der Waals surface area (Å²) in [5.41, 5.74) is -0.612. The van der Waals surface area contributed by atoms with Gasteiger partial charge in [-0.05, 0) is 35.9 Å². The summed E-state index contributed by atoms with van der Waals surface area (Å²) in [6, 6.07) is 17.9. The van der Waals surface area contributed by atoms with Crippen molar-refractivity contribution in [3.8, 4) is 11.5 Å². The summed E-state index contributed by atoms with van der Waals surface area (Å²) < 4.78 is 51.5. The number of alkyl halides is 3. The molecule has 0 heterocycles. The van der Waals surface area contributed by atoms with E-state index in [0.29, 0.717) is 5.75 Å². The van der Waals surface area contributed by atoms with E-state index in [9.17, 15) is 22.8 Å². The third-order valence-corrected chi connectivity index (χ3v) is 5.01. The fraction of sp³-hybridized carbons (Fsp3) is 0.200. The van der Waals surface area contributed by atoms with E-state index in [0.717, 1.165) is 22.6 Å². The van der Waals surface area contributed by atoms with Gasteiger partial charge in [-0.15, -0.1) is 0 Å². The minimum Gasteiger partial charge on any atom is -0.493 e. The molecule has 0 spiro atoms. The Balaban J connectivity index is 1.96.